The van der Waals surface area contributed by atoms with Gasteiger partial charge in [0.05, 0.1) is 5.76 Å². The molecule has 0 amide bonds. The van der Waals surface area contributed by atoms with Gasteiger partial charge in [0.15, 0.2) is 0 Å². The van der Waals surface area contributed by atoms with Crippen LogP contribution >= 0.6 is 0 Å². The second-order valence-corrected chi connectivity index (χ2v) is 6.37. The Morgan fingerprint density at radius 3 is 2.95 bits per heavy atom. The molecule has 0 saturated heterocycles. The molecule has 2 nitrogen and oxygen atoms in total. The van der Waals surface area contributed by atoms with Crippen LogP contribution in [0.3, 0.4) is 0 Å². The summed E-state index contributed by atoms with van der Waals surface area (Å²) in [5, 5.41) is 10.0. The van der Waals surface area contributed by atoms with E-state index in [1.54, 1.807) is 0 Å². The summed E-state index contributed by atoms with van der Waals surface area (Å²) in [6.45, 7) is 4.67. The van der Waals surface area contributed by atoms with Crippen molar-refractivity contribution in [2.75, 3.05) is 20.1 Å². The highest BCUT2D eigenvalue weighted by molar-refractivity contribution is 5.19. The van der Waals surface area contributed by atoms with E-state index >= 15 is 0 Å². The zero-order chi connectivity index (χ0) is 13.7. The number of allylic oxidation sites excluding steroid dienone is 4. The van der Waals surface area contributed by atoms with E-state index in [4.69, 9.17) is 0 Å². The van der Waals surface area contributed by atoms with E-state index in [-0.39, 0.29) is 0 Å². The van der Waals surface area contributed by atoms with Crippen LogP contribution in [0.5, 0.6) is 0 Å². The molecule has 2 heteroatoms. The molecule has 1 saturated carbocycles. The van der Waals surface area contributed by atoms with Crippen molar-refractivity contribution in [2.45, 2.75) is 45.4 Å². The van der Waals surface area contributed by atoms with Gasteiger partial charge in [0.2, 0.25) is 0 Å². The highest BCUT2D eigenvalue weighted by atomic mass is 16.3. The lowest BCUT2D eigenvalue weighted by Gasteiger charge is -2.36. The lowest BCUT2D eigenvalue weighted by Crippen LogP contribution is -2.27. The van der Waals surface area contributed by atoms with Crippen LogP contribution in [-0.2, 0) is 0 Å². The first kappa shape index (κ1) is 14.6. The van der Waals surface area contributed by atoms with E-state index < -0.39 is 0 Å². The number of nitrogens with zero attached hydrogens (tertiary/aromatic N) is 1. The molecule has 0 aromatic rings. The monoisotopic (exact) mass is 263 g/mol. The van der Waals surface area contributed by atoms with Crippen molar-refractivity contribution in [3.8, 4) is 0 Å². The smallest absolute Gasteiger partial charge is 0.0959 e. The molecule has 0 bridgehead atoms. The van der Waals surface area contributed by atoms with Crippen LogP contribution in [0.2, 0.25) is 0 Å². The fourth-order valence-electron chi connectivity index (χ4n) is 3.68. The molecule has 1 N–H and O–H groups in total. The summed E-state index contributed by atoms with van der Waals surface area (Å²) >= 11 is 0. The van der Waals surface area contributed by atoms with Crippen LogP contribution in [0.4, 0.5) is 0 Å². The predicted octanol–water partition coefficient (Wildman–Crippen LogP) is 4.15. The molecular weight excluding hydrogens is 234 g/mol. The molecule has 2 aliphatic rings. The Hall–Kier alpha value is -0.760. The number of aliphatic hydroxyl groups is 1. The van der Waals surface area contributed by atoms with Gasteiger partial charge < -0.3 is 10.0 Å². The third kappa shape index (κ3) is 4.10. The summed E-state index contributed by atoms with van der Waals surface area (Å²) < 4.78 is 0. The molecule has 0 aromatic carbocycles. The number of hydrogen-bond acceptors (Lipinski definition) is 2. The molecule has 108 valence electrons. The van der Waals surface area contributed by atoms with Crippen LogP contribution in [0.25, 0.3) is 0 Å². The van der Waals surface area contributed by atoms with Crippen molar-refractivity contribution in [3.63, 3.8) is 0 Å². The van der Waals surface area contributed by atoms with Gasteiger partial charge in [0.25, 0.3) is 0 Å². The molecule has 0 radical (unpaired) electrons. The van der Waals surface area contributed by atoms with E-state index in [0.717, 1.165) is 5.92 Å². The quantitative estimate of drug-likeness (QED) is 0.778. The maximum absolute atomic E-state index is 10.0. The zero-order valence-electron chi connectivity index (χ0n) is 12.5. The van der Waals surface area contributed by atoms with Crippen molar-refractivity contribution in [3.05, 3.63) is 24.0 Å². The molecule has 19 heavy (non-hydrogen) atoms. The average Bonchev–Trinajstić information content (AvgIpc) is 2.40. The van der Waals surface area contributed by atoms with Gasteiger partial charge in [-0.3, -0.25) is 0 Å². The molecule has 2 rings (SSSR count). The van der Waals surface area contributed by atoms with Gasteiger partial charge in [0.1, 0.15) is 0 Å². The van der Waals surface area contributed by atoms with Crippen LogP contribution in [0.15, 0.2) is 24.0 Å². The van der Waals surface area contributed by atoms with Crippen molar-refractivity contribution >= 4 is 0 Å². The third-order valence-electron chi connectivity index (χ3n) is 4.78. The molecule has 0 heterocycles. The van der Waals surface area contributed by atoms with Crippen LogP contribution < -0.4 is 0 Å². The normalized spacial score (nSPS) is 30.3. The van der Waals surface area contributed by atoms with Gasteiger partial charge in [-0.2, -0.15) is 0 Å². The average molecular weight is 263 g/mol. The first-order valence-electron chi connectivity index (χ1n) is 7.96. The van der Waals surface area contributed by atoms with Gasteiger partial charge in [0, 0.05) is 5.92 Å². The predicted molar refractivity (Wildman–Crippen MR) is 81.2 cm³/mol. The fourth-order valence-corrected chi connectivity index (χ4v) is 3.68. The second kappa shape index (κ2) is 7.14. The minimum Gasteiger partial charge on any atom is -0.512 e. The fraction of sp³-hybridized carbons (Fsp3) is 0.765. The number of rotatable bonds is 6. The van der Waals surface area contributed by atoms with Gasteiger partial charge in [-0.1, -0.05) is 19.1 Å². The second-order valence-electron chi connectivity index (χ2n) is 6.37. The highest BCUT2D eigenvalue weighted by Gasteiger charge is 2.32. The van der Waals surface area contributed by atoms with Crippen LogP contribution in [0, 0.1) is 17.8 Å². The summed E-state index contributed by atoms with van der Waals surface area (Å²) in [7, 11) is 2.22. The van der Waals surface area contributed by atoms with E-state index in [0.29, 0.717) is 17.6 Å². The zero-order valence-corrected chi connectivity index (χ0v) is 12.5. The summed E-state index contributed by atoms with van der Waals surface area (Å²) in [5.74, 6) is 2.46. The Labute approximate surface area is 118 Å². The van der Waals surface area contributed by atoms with Crippen LogP contribution in [-0.4, -0.2) is 30.1 Å². The first-order chi connectivity index (χ1) is 9.20. The molecule has 0 spiro atoms. The molecule has 2 aliphatic carbocycles. The van der Waals surface area contributed by atoms with Gasteiger partial charge in [-0.15, -0.1) is 0 Å². The standard InChI is InChI=1S/C17H29NO/c1-3-11-18(2)12-5-6-14-9-10-15-7-4-8-17(19)16(15)13-14/h4,7-8,14-16,19H,3,5-6,9-13H2,1-2H3. The molecule has 3 unspecified atom stereocenters. The highest BCUT2D eigenvalue weighted by Crippen LogP contribution is 2.41. The SMILES string of the molecule is CCCN(C)CCCC1CCC2C=CC=C(O)C2C1. The third-order valence-corrected chi connectivity index (χ3v) is 4.78. The number of hydrogen-bond donors (Lipinski definition) is 1. The summed E-state index contributed by atoms with van der Waals surface area (Å²) in [5.41, 5.74) is 0. The van der Waals surface area contributed by atoms with Gasteiger partial charge in [-0.05, 0) is 76.6 Å². The Kier molecular flexibility index (Phi) is 5.50. The molecular formula is C17H29NO. The number of aliphatic hydroxyl groups excluding tert-OH is 1. The lowest BCUT2D eigenvalue weighted by atomic mass is 9.70. The summed E-state index contributed by atoms with van der Waals surface area (Å²) in [6, 6.07) is 0. The van der Waals surface area contributed by atoms with Gasteiger partial charge >= 0.3 is 0 Å². The van der Waals surface area contributed by atoms with Crippen molar-refractivity contribution in [1.82, 2.24) is 4.90 Å². The first-order valence-corrected chi connectivity index (χ1v) is 7.96. The number of fused-ring (bicyclic) bond motifs is 1. The van der Waals surface area contributed by atoms with E-state index in [2.05, 4.69) is 24.9 Å². The van der Waals surface area contributed by atoms with Crippen molar-refractivity contribution in [1.29, 1.82) is 0 Å². The Morgan fingerprint density at radius 1 is 1.32 bits per heavy atom. The Bertz CT molecular complexity index is 334. The van der Waals surface area contributed by atoms with E-state index in [1.807, 2.05) is 12.2 Å². The minimum atomic E-state index is 0.414. The molecule has 0 aromatic heterocycles. The lowest BCUT2D eigenvalue weighted by molar-refractivity contribution is 0.172. The van der Waals surface area contributed by atoms with E-state index in [9.17, 15) is 5.11 Å². The van der Waals surface area contributed by atoms with Gasteiger partial charge in [-0.25, -0.2) is 0 Å². The molecule has 0 aliphatic heterocycles. The van der Waals surface area contributed by atoms with Crippen LogP contribution in [0.1, 0.15) is 45.4 Å². The molecule has 1 fully saturated rings. The van der Waals surface area contributed by atoms with E-state index in [1.165, 1.54) is 51.6 Å². The summed E-state index contributed by atoms with van der Waals surface area (Å²) in [4.78, 5) is 2.44. The summed E-state index contributed by atoms with van der Waals surface area (Å²) in [6.07, 6.45) is 13.9. The maximum Gasteiger partial charge on any atom is 0.0959 e. The maximum atomic E-state index is 10.0. The largest absolute Gasteiger partial charge is 0.512 e. The Balaban J connectivity index is 1.72. The minimum absolute atomic E-state index is 0.414. The topological polar surface area (TPSA) is 23.5 Å². The van der Waals surface area contributed by atoms with Crippen molar-refractivity contribution < 1.29 is 5.11 Å². The van der Waals surface area contributed by atoms with Crippen molar-refractivity contribution in [2.24, 2.45) is 17.8 Å². The molecule has 3 atom stereocenters. The Morgan fingerprint density at radius 2 is 2.16 bits per heavy atom.